The number of anilines is 1. The average Bonchev–Trinajstić information content (AvgIpc) is 3.11. The number of halogens is 4. The highest BCUT2D eigenvalue weighted by Crippen LogP contribution is 2.31. The van der Waals surface area contributed by atoms with Gasteiger partial charge in [-0.05, 0) is 30.3 Å². The van der Waals surface area contributed by atoms with Gasteiger partial charge in [0, 0.05) is 18.8 Å². The van der Waals surface area contributed by atoms with Crippen LogP contribution in [0.3, 0.4) is 0 Å². The maximum atomic E-state index is 12.8. The molecule has 9 nitrogen and oxygen atoms in total. The van der Waals surface area contributed by atoms with Crippen LogP contribution in [0.25, 0.3) is 0 Å². The van der Waals surface area contributed by atoms with E-state index in [1.165, 1.54) is 24.3 Å². The SMILES string of the molecule is Cn1c(COc2cccc(C(F)(F)F)c2)nnc1SCC(=O)Nc1ccc(Cl)c([N+](=O)[O-])c1. The third-order valence-electron chi connectivity index (χ3n) is 4.21. The molecule has 0 saturated heterocycles. The van der Waals surface area contributed by atoms with E-state index in [2.05, 4.69) is 15.5 Å². The van der Waals surface area contributed by atoms with Crippen molar-refractivity contribution in [3.8, 4) is 5.75 Å². The lowest BCUT2D eigenvalue weighted by atomic mass is 10.2. The van der Waals surface area contributed by atoms with E-state index in [1.807, 2.05) is 0 Å². The molecule has 0 saturated carbocycles. The van der Waals surface area contributed by atoms with Crippen molar-refractivity contribution in [1.29, 1.82) is 0 Å². The summed E-state index contributed by atoms with van der Waals surface area (Å²) >= 11 is 6.79. The first-order valence-electron chi connectivity index (χ1n) is 9.09. The van der Waals surface area contributed by atoms with Crippen LogP contribution < -0.4 is 10.1 Å². The fourth-order valence-electron chi connectivity index (χ4n) is 2.56. The Labute approximate surface area is 194 Å². The van der Waals surface area contributed by atoms with Gasteiger partial charge in [0.05, 0.1) is 16.2 Å². The van der Waals surface area contributed by atoms with Gasteiger partial charge in [-0.1, -0.05) is 29.4 Å². The van der Waals surface area contributed by atoms with E-state index < -0.39 is 22.6 Å². The number of nitrogens with one attached hydrogen (secondary N) is 1. The van der Waals surface area contributed by atoms with Gasteiger partial charge in [-0.25, -0.2) is 0 Å². The number of nitrogens with zero attached hydrogens (tertiary/aromatic N) is 4. The second-order valence-corrected chi connectivity index (χ2v) is 7.88. The summed E-state index contributed by atoms with van der Waals surface area (Å²) in [6, 6.07) is 8.35. The summed E-state index contributed by atoms with van der Waals surface area (Å²) in [5.74, 6) is -0.153. The number of benzene rings is 2. The lowest BCUT2D eigenvalue weighted by Crippen LogP contribution is -2.14. The number of thioether (sulfide) groups is 1. The molecular formula is C19H15ClF3N5O4S. The van der Waals surface area contributed by atoms with Crippen LogP contribution in [0.2, 0.25) is 5.02 Å². The number of carbonyl (C=O) groups excluding carboxylic acids is 1. The number of carbonyl (C=O) groups is 1. The zero-order chi connectivity index (χ0) is 24.2. The van der Waals surface area contributed by atoms with E-state index in [0.29, 0.717) is 11.0 Å². The number of amides is 1. The van der Waals surface area contributed by atoms with Crippen LogP contribution in [-0.2, 0) is 24.6 Å². The van der Waals surface area contributed by atoms with Crippen LogP contribution in [0.4, 0.5) is 24.5 Å². The fourth-order valence-corrected chi connectivity index (χ4v) is 3.48. The minimum atomic E-state index is -4.48. The quantitative estimate of drug-likeness (QED) is 0.270. The third kappa shape index (κ3) is 6.35. The normalized spacial score (nSPS) is 11.3. The van der Waals surface area contributed by atoms with Crippen LogP contribution in [0.1, 0.15) is 11.4 Å². The molecule has 1 amide bonds. The predicted octanol–water partition coefficient (Wildman–Crippen LogP) is 4.71. The number of alkyl halides is 3. The molecule has 33 heavy (non-hydrogen) atoms. The molecule has 0 aliphatic rings. The second-order valence-electron chi connectivity index (χ2n) is 6.53. The molecule has 3 rings (SSSR count). The average molecular weight is 502 g/mol. The van der Waals surface area contributed by atoms with Crippen molar-refractivity contribution in [2.24, 2.45) is 7.05 Å². The largest absolute Gasteiger partial charge is 0.486 e. The number of ether oxygens (including phenoxy) is 1. The Hall–Kier alpha value is -3.32. The summed E-state index contributed by atoms with van der Waals surface area (Å²) < 4.78 is 45.3. The molecule has 0 fully saturated rings. The van der Waals surface area contributed by atoms with Gasteiger partial charge in [0.25, 0.3) is 5.69 Å². The molecule has 1 heterocycles. The van der Waals surface area contributed by atoms with Gasteiger partial charge in [0.2, 0.25) is 5.91 Å². The standard InChI is InChI=1S/C19H15ClF3N5O4S/c1-27-16(9-32-13-4-2-3-11(7-13)19(21,22)23)25-26-18(27)33-10-17(29)24-12-5-6-14(20)15(8-12)28(30)31/h2-8H,9-10H2,1H3,(H,24,29). The molecule has 174 valence electrons. The maximum absolute atomic E-state index is 12.8. The predicted molar refractivity (Wildman–Crippen MR) is 114 cm³/mol. The monoisotopic (exact) mass is 501 g/mol. The Balaban J connectivity index is 1.56. The van der Waals surface area contributed by atoms with Crippen LogP contribution >= 0.6 is 23.4 Å². The minimum absolute atomic E-state index is 0.0264. The van der Waals surface area contributed by atoms with E-state index in [9.17, 15) is 28.1 Å². The first-order chi connectivity index (χ1) is 15.5. The smallest absolute Gasteiger partial charge is 0.416 e. The number of hydrogen-bond acceptors (Lipinski definition) is 7. The molecule has 0 atom stereocenters. The Morgan fingerprint density at radius 2 is 2.03 bits per heavy atom. The summed E-state index contributed by atoms with van der Waals surface area (Å²) in [6.45, 7) is -0.133. The van der Waals surface area contributed by atoms with E-state index in [4.69, 9.17) is 16.3 Å². The molecule has 1 aromatic heterocycles. The first kappa shape index (κ1) is 24.3. The molecule has 0 bridgehead atoms. The molecule has 0 aliphatic heterocycles. The highest BCUT2D eigenvalue weighted by Gasteiger charge is 2.30. The van der Waals surface area contributed by atoms with Gasteiger partial charge >= 0.3 is 6.18 Å². The van der Waals surface area contributed by atoms with Crippen LogP contribution in [-0.4, -0.2) is 31.3 Å². The van der Waals surface area contributed by atoms with Gasteiger partial charge in [0.1, 0.15) is 17.4 Å². The van der Waals surface area contributed by atoms with Crippen molar-refractivity contribution in [2.45, 2.75) is 17.9 Å². The zero-order valence-corrected chi connectivity index (χ0v) is 18.4. The number of rotatable bonds is 8. The van der Waals surface area contributed by atoms with Gasteiger partial charge in [-0.3, -0.25) is 14.9 Å². The Bertz CT molecular complexity index is 1190. The first-order valence-corrected chi connectivity index (χ1v) is 10.5. The van der Waals surface area contributed by atoms with Crippen molar-refractivity contribution in [1.82, 2.24) is 14.8 Å². The van der Waals surface area contributed by atoms with E-state index in [0.717, 1.165) is 30.0 Å². The summed E-state index contributed by atoms with van der Waals surface area (Å²) in [5, 5.41) is 21.7. The molecular weight excluding hydrogens is 487 g/mol. The molecule has 0 radical (unpaired) electrons. The lowest BCUT2D eigenvalue weighted by Gasteiger charge is -2.10. The summed E-state index contributed by atoms with van der Waals surface area (Å²) in [5.41, 5.74) is -0.947. The van der Waals surface area contributed by atoms with E-state index in [-0.39, 0.29) is 34.5 Å². The van der Waals surface area contributed by atoms with E-state index in [1.54, 1.807) is 11.6 Å². The van der Waals surface area contributed by atoms with Crippen molar-refractivity contribution in [2.75, 3.05) is 11.1 Å². The Morgan fingerprint density at radius 1 is 1.27 bits per heavy atom. The van der Waals surface area contributed by atoms with Crippen LogP contribution in [0.5, 0.6) is 5.75 Å². The molecule has 0 aliphatic carbocycles. The number of nitro benzene ring substituents is 1. The highest BCUT2D eigenvalue weighted by molar-refractivity contribution is 7.99. The molecule has 1 N–H and O–H groups in total. The molecule has 0 spiro atoms. The summed E-state index contributed by atoms with van der Waals surface area (Å²) in [7, 11) is 1.62. The van der Waals surface area contributed by atoms with Gasteiger partial charge in [-0.15, -0.1) is 10.2 Å². The number of aromatic nitrogens is 3. The van der Waals surface area contributed by atoms with E-state index >= 15 is 0 Å². The zero-order valence-electron chi connectivity index (χ0n) is 16.8. The molecule has 3 aromatic rings. The van der Waals surface area contributed by atoms with Crippen LogP contribution in [0.15, 0.2) is 47.6 Å². The van der Waals surface area contributed by atoms with Crippen molar-refractivity contribution >= 4 is 40.6 Å². The van der Waals surface area contributed by atoms with Crippen molar-refractivity contribution < 1.29 is 27.6 Å². The maximum Gasteiger partial charge on any atom is 0.416 e. The van der Waals surface area contributed by atoms with Crippen molar-refractivity contribution in [3.05, 3.63) is 69.0 Å². The second kappa shape index (κ2) is 10.1. The summed E-state index contributed by atoms with van der Waals surface area (Å²) in [6.07, 6.45) is -4.48. The summed E-state index contributed by atoms with van der Waals surface area (Å²) in [4.78, 5) is 22.5. The fraction of sp³-hybridized carbons (Fsp3) is 0.211. The Kier molecular flexibility index (Phi) is 7.43. The van der Waals surface area contributed by atoms with Gasteiger partial charge in [-0.2, -0.15) is 13.2 Å². The molecule has 14 heteroatoms. The third-order valence-corrected chi connectivity index (χ3v) is 5.55. The highest BCUT2D eigenvalue weighted by atomic mass is 35.5. The topological polar surface area (TPSA) is 112 Å². The van der Waals surface area contributed by atoms with Crippen molar-refractivity contribution in [3.63, 3.8) is 0 Å². The van der Waals surface area contributed by atoms with Gasteiger partial charge < -0.3 is 14.6 Å². The number of nitro groups is 1. The minimum Gasteiger partial charge on any atom is -0.486 e. The lowest BCUT2D eigenvalue weighted by molar-refractivity contribution is -0.384. The molecule has 2 aromatic carbocycles. The Morgan fingerprint density at radius 3 is 2.73 bits per heavy atom. The van der Waals surface area contributed by atoms with Gasteiger partial charge in [0.15, 0.2) is 11.0 Å². The molecule has 0 unspecified atom stereocenters. The van der Waals surface area contributed by atoms with Crippen LogP contribution in [0, 0.1) is 10.1 Å². The number of hydrogen-bond donors (Lipinski definition) is 1.